The molecule has 1 aliphatic heterocycles. The first-order valence-corrected chi connectivity index (χ1v) is 12.0. The lowest BCUT2D eigenvalue weighted by atomic mass is 9.91. The van der Waals surface area contributed by atoms with Crippen LogP contribution in [0.25, 0.3) is 10.9 Å². The van der Waals surface area contributed by atoms with E-state index in [4.69, 9.17) is 35.4 Å². The molecule has 9 nitrogen and oxygen atoms in total. The first-order valence-electron chi connectivity index (χ1n) is 12.0. The maximum atomic E-state index is 6.46. The highest BCUT2D eigenvalue weighted by atomic mass is 16.6. The number of rotatable bonds is 9. The van der Waals surface area contributed by atoms with Crippen LogP contribution < -0.4 is 20.9 Å². The lowest BCUT2D eigenvalue weighted by Crippen LogP contribution is -2.37. The highest BCUT2D eigenvalue weighted by Gasteiger charge is 2.41. The molecular formula is C26H33N5O4. The Kier molecular flexibility index (Phi) is 6.14. The molecule has 3 aromatic rings. The SMILES string of the molecule is COc1cc2nc(C)nc(N)c2c(C(C)c2cc(N)cc(C3(C)CC3)n2)c1OCCOC1COC1. The molecule has 1 aromatic carbocycles. The number of aryl methyl sites for hydroxylation is 1. The Labute approximate surface area is 205 Å². The lowest BCUT2D eigenvalue weighted by molar-refractivity contribution is -0.132. The number of ether oxygens (including phenoxy) is 4. The Morgan fingerprint density at radius 3 is 2.54 bits per heavy atom. The molecule has 1 atom stereocenters. The van der Waals surface area contributed by atoms with E-state index in [2.05, 4.69) is 23.8 Å². The fourth-order valence-electron chi connectivity index (χ4n) is 4.51. The summed E-state index contributed by atoms with van der Waals surface area (Å²) in [5.41, 5.74) is 17.0. The van der Waals surface area contributed by atoms with Gasteiger partial charge in [-0.15, -0.1) is 0 Å². The van der Waals surface area contributed by atoms with Crippen molar-refractivity contribution >= 4 is 22.4 Å². The van der Waals surface area contributed by atoms with Crippen LogP contribution in [0.5, 0.6) is 11.5 Å². The van der Waals surface area contributed by atoms with Gasteiger partial charge in [0.2, 0.25) is 0 Å². The maximum Gasteiger partial charge on any atom is 0.166 e. The van der Waals surface area contributed by atoms with Crippen molar-refractivity contribution < 1.29 is 18.9 Å². The first kappa shape index (κ1) is 23.6. The zero-order valence-electron chi connectivity index (χ0n) is 20.8. The van der Waals surface area contributed by atoms with Crippen LogP contribution in [0, 0.1) is 6.92 Å². The Hall–Kier alpha value is -3.17. The van der Waals surface area contributed by atoms with E-state index in [9.17, 15) is 0 Å². The standard InChI is InChI=1S/C26H33N5O4/c1-14(18-9-16(27)10-21(31-18)26(3)5-6-26)22-23-19(29-15(2)30-25(23)28)11-20(32-4)24(22)35-8-7-34-17-12-33-13-17/h9-11,14,17H,5-8,12-13H2,1-4H3,(H2,27,31)(H2,28,29,30). The molecule has 9 heteroatoms. The van der Waals surface area contributed by atoms with Crippen LogP contribution in [-0.4, -0.2) is 54.6 Å². The number of pyridine rings is 1. The first-order chi connectivity index (χ1) is 16.8. The van der Waals surface area contributed by atoms with Crippen molar-refractivity contribution in [3.63, 3.8) is 0 Å². The molecule has 35 heavy (non-hydrogen) atoms. The number of hydrogen-bond donors (Lipinski definition) is 2. The molecule has 1 saturated carbocycles. The molecule has 4 N–H and O–H groups in total. The van der Waals surface area contributed by atoms with Crippen LogP contribution >= 0.6 is 0 Å². The summed E-state index contributed by atoms with van der Waals surface area (Å²) < 4.78 is 23.0. The molecule has 2 aromatic heterocycles. The fourth-order valence-corrected chi connectivity index (χ4v) is 4.51. The molecule has 2 aliphatic rings. The Balaban J connectivity index is 1.60. The van der Waals surface area contributed by atoms with Gasteiger partial charge in [-0.25, -0.2) is 9.97 Å². The van der Waals surface area contributed by atoms with Gasteiger partial charge >= 0.3 is 0 Å². The van der Waals surface area contributed by atoms with Gasteiger partial charge in [0.15, 0.2) is 11.5 Å². The van der Waals surface area contributed by atoms with Crippen molar-refractivity contribution in [2.45, 2.75) is 51.0 Å². The predicted octanol–water partition coefficient (Wildman–Crippen LogP) is 3.50. The minimum Gasteiger partial charge on any atom is -0.493 e. The monoisotopic (exact) mass is 479 g/mol. The second-order valence-corrected chi connectivity index (χ2v) is 9.74. The predicted molar refractivity (Wildman–Crippen MR) is 134 cm³/mol. The van der Waals surface area contributed by atoms with E-state index in [1.165, 1.54) is 0 Å². The molecule has 2 fully saturated rings. The van der Waals surface area contributed by atoms with Crippen LogP contribution in [0.3, 0.4) is 0 Å². The third kappa shape index (κ3) is 4.58. The number of nitrogen functional groups attached to an aromatic ring is 2. The van der Waals surface area contributed by atoms with Crippen LogP contribution in [0.15, 0.2) is 18.2 Å². The summed E-state index contributed by atoms with van der Waals surface area (Å²) in [7, 11) is 1.62. The quantitative estimate of drug-likeness (QED) is 0.443. The minimum absolute atomic E-state index is 0.0848. The van der Waals surface area contributed by atoms with Crippen molar-refractivity contribution in [3.05, 3.63) is 41.0 Å². The molecule has 0 radical (unpaired) electrons. The molecule has 0 spiro atoms. The van der Waals surface area contributed by atoms with Gasteiger partial charge in [-0.05, 0) is 31.9 Å². The highest BCUT2D eigenvalue weighted by Crippen LogP contribution is 2.49. The van der Waals surface area contributed by atoms with Gasteiger partial charge in [-0.1, -0.05) is 13.8 Å². The fraction of sp³-hybridized carbons (Fsp3) is 0.500. The van der Waals surface area contributed by atoms with E-state index in [0.29, 0.717) is 60.8 Å². The number of hydrogen-bond acceptors (Lipinski definition) is 9. The molecule has 0 amide bonds. The summed E-state index contributed by atoms with van der Waals surface area (Å²) in [4.78, 5) is 14.1. The number of aromatic nitrogens is 3. The summed E-state index contributed by atoms with van der Waals surface area (Å²) in [6, 6.07) is 5.74. The van der Waals surface area contributed by atoms with Gasteiger partial charge in [0, 0.05) is 34.3 Å². The number of methoxy groups -OCH3 is 1. The normalized spacial score (nSPS) is 17.7. The topological polar surface area (TPSA) is 128 Å². The molecule has 1 saturated heterocycles. The summed E-state index contributed by atoms with van der Waals surface area (Å²) in [6.45, 7) is 8.14. The Bertz CT molecular complexity index is 1260. The third-order valence-corrected chi connectivity index (χ3v) is 6.96. The van der Waals surface area contributed by atoms with E-state index < -0.39 is 0 Å². The van der Waals surface area contributed by atoms with Crippen LogP contribution in [0.1, 0.15) is 55.4 Å². The van der Waals surface area contributed by atoms with E-state index >= 15 is 0 Å². The number of nitrogens with zero attached hydrogens (tertiary/aromatic N) is 3. The van der Waals surface area contributed by atoms with Gasteiger partial charge < -0.3 is 30.4 Å². The Morgan fingerprint density at radius 1 is 1.11 bits per heavy atom. The van der Waals surface area contributed by atoms with Crippen molar-refractivity contribution in [1.29, 1.82) is 0 Å². The smallest absolute Gasteiger partial charge is 0.166 e. The number of nitrogens with two attached hydrogens (primary N) is 2. The highest BCUT2D eigenvalue weighted by molar-refractivity contribution is 5.95. The lowest BCUT2D eigenvalue weighted by Gasteiger charge is -2.26. The molecular weight excluding hydrogens is 446 g/mol. The third-order valence-electron chi connectivity index (χ3n) is 6.96. The van der Waals surface area contributed by atoms with E-state index in [-0.39, 0.29) is 17.4 Å². The minimum atomic E-state index is -0.207. The van der Waals surface area contributed by atoms with Crippen LogP contribution in [0.2, 0.25) is 0 Å². The van der Waals surface area contributed by atoms with Gasteiger partial charge in [0.05, 0.1) is 43.5 Å². The van der Waals surface area contributed by atoms with Crippen molar-refractivity contribution in [2.24, 2.45) is 0 Å². The summed E-state index contributed by atoms with van der Waals surface area (Å²) in [5.74, 6) is 1.93. The summed E-state index contributed by atoms with van der Waals surface area (Å²) in [5, 5.41) is 0.732. The molecule has 3 heterocycles. The molecule has 1 unspecified atom stereocenters. The summed E-state index contributed by atoms with van der Waals surface area (Å²) >= 11 is 0. The van der Waals surface area contributed by atoms with E-state index in [1.54, 1.807) is 7.11 Å². The van der Waals surface area contributed by atoms with E-state index in [1.807, 2.05) is 25.1 Å². The molecule has 0 bridgehead atoms. The molecule has 5 rings (SSSR count). The zero-order chi connectivity index (χ0) is 24.7. The van der Waals surface area contributed by atoms with Gasteiger partial charge in [0.1, 0.15) is 24.4 Å². The molecule has 186 valence electrons. The largest absolute Gasteiger partial charge is 0.493 e. The average molecular weight is 480 g/mol. The average Bonchev–Trinajstić information content (AvgIpc) is 3.54. The van der Waals surface area contributed by atoms with Gasteiger partial charge in [0.25, 0.3) is 0 Å². The second kappa shape index (κ2) is 9.13. The van der Waals surface area contributed by atoms with Crippen molar-refractivity contribution in [1.82, 2.24) is 15.0 Å². The number of anilines is 2. The zero-order valence-corrected chi connectivity index (χ0v) is 20.8. The van der Waals surface area contributed by atoms with Crippen molar-refractivity contribution in [3.8, 4) is 11.5 Å². The second-order valence-electron chi connectivity index (χ2n) is 9.74. The van der Waals surface area contributed by atoms with E-state index in [0.717, 1.165) is 35.2 Å². The number of benzene rings is 1. The van der Waals surface area contributed by atoms with Gasteiger partial charge in [-0.2, -0.15) is 0 Å². The van der Waals surface area contributed by atoms with Gasteiger partial charge in [-0.3, -0.25) is 4.98 Å². The maximum absolute atomic E-state index is 6.46. The molecule has 1 aliphatic carbocycles. The van der Waals surface area contributed by atoms with Crippen molar-refractivity contribution in [2.75, 3.05) is 45.0 Å². The Morgan fingerprint density at radius 2 is 1.89 bits per heavy atom. The van der Waals surface area contributed by atoms with Crippen LogP contribution in [-0.2, 0) is 14.9 Å². The van der Waals surface area contributed by atoms with Crippen LogP contribution in [0.4, 0.5) is 11.5 Å². The number of fused-ring (bicyclic) bond motifs is 1. The summed E-state index contributed by atoms with van der Waals surface area (Å²) in [6.07, 6.45) is 2.35.